The third-order valence-corrected chi connectivity index (χ3v) is 7.25. The average molecular weight is 484 g/mol. The van der Waals surface area contributed by atoms with E-state index in [1.54, 1.807) is 0 Å². The van der Waals surface area contributed by atoms with Gasteiger partial charge in [-0.1, -0.05) is 181 Å². The summed E-state index contributed by atoms with van der Waals surface area (Å²) in [7, 11) is 0. The molecule has 3 aromatic carbocycles. The fraction of sp³-hybridized carbons (Fsp3) is 0.457. The van der Waals surface area contributed by atoms with Gasteiger partial charge in [-0.05, 0) is 23.1 Å². The Hall–Kier alpha value is -2.38. The molecular formula is C35H47O. The number of rotatable bonds is 19. The van der Waals surface area contributed by atoms with Gasteiger partial charge in [0.2, 0.25) is 0 Å². The summed E-state index contributed by atoms with van der Waals surface area (Å²) in [6.07, 6.45) is 18.6. The number of benzene rings is 3. The molecule has 36 heavy (non-hydrogen) atoms. The highest BCUT2D eigenvalue weighted by Gasteiger charge is 2.37. The number of unbranched alkanes of at least 4 members (excludes halogenated alkanes) is 13. The van der Waals surface area contributed by atoms with E-state index in [-0.39, 0.29) is 0 Å². The monoisotopic (exact) mass is 483 g/mol. The van der Waals surface area contributed by atoms with Gasteiger partial charge in [-0.25, -0.2) is 0 Å². The first kappa shape index (κ1) is 28.2. The maximum atomic E-state index is 6.89. The summed E-state index contributed by atoms with van der Waals surface area (Å²) in [6, 6.07) is 32.1. The van der Waals surface area contributed by atoms with E-state index < -0.39 is 5.60 Å². The van der Waals surface area contributed by atoms with E-state index in [2.05, 4.69) is 97.9 Å². The van der Waals surface area contributed by atoms with Crippen LogP contribution in [-0.4, -0.2) is 6.61 Å². The molecule has 0 aromatic heterocycles. The summed E-state index contributed by atoms with van der Waals surface area (Å²) >= 11 is 0. The molecule has 0 atom stereocenters. The van der Waals surface area contributed by atoms with E-state index in [1.807, 2.05) is 0 Å². The first-order valence-corrected chi connectivity index (χ1v) is 14.5. The van der Waals surface area contributed by atoms with Gasteiger partial charge in [-0.15, -0.1) is 0 Å². The van der Waals surface area contributed by atoms with Crippen LogP contribution in [0.5, 0.6) is 0 Å². The van der Waals surface area contributed by atoms with Crippen LogP contribution in [0.1, 0.15) is 107 Å². The number of hydrogen-bond acceptors (Lipinski definition) is 1. The van der Waals surface area contributed by atoms with Gasteiger partial charge in [0.25, 0.3) is 0 Å². The lowest BCUT2D eigenvalue weighted by atomic mass is 9.80. The maximum Gasteiger partial charge on any atom is 0.143 e. The molecule has 0 saturated carbocycles. The van der Waals surface area contributed by atoms with Crippen molar-refractivity contribution in [1.82, 2.24) is 0 Å². The molecule has 0 N–H and O–H groups in total. The Kier molecular flexibility index (Phi) is 13.4. The van der Waals surface area contributed by atoms with Crippen LogP contribution in [0.15, 0.2) is 91.0 Å². The van der Waals surface area contributed by atoms with Crippen LogP contribution >= 0.6 is 0 Å². The van der Waals surface area contributed by atoms with Crippen molar-refractivity contribution in [2.24, 2.45) is 0 Å². The molecule has 0 saturated heterocycles. The molecule has 0 bridgehead atoms. The molecule has 1 radical (unpaired) electrons. The van der Waals surface area contributed by atoms with E-state index in [4.69, 9.17) is 4.74 Å². The molecular weight excluding hydrogens is 436 g/mol. The summed E-state index contributed by atoms with van der Waals surface area (Å²) in [6.45, 7) is 4.68. The van der Waals surface area contributed by atoms with Crippen molar-refractivity contribution in [1.29, 1.82) is 0 Å². The highest BCUT2D eigenvalue weighted by atomic mass is 16.5. The standard InChI is InChI=1S/C35H47O/c1-2-3-4-5-6-7-8-9-10-11-12-13-14-24-31-36-35(32-25-18-15-19-26-32,33-27-20-16-21-28-33)34-29-22-17-23-30-34/h15-23,25-30H,1-14,24,31H2. The van der Waals surface area contributed by atoms with Gasteiger partial charge in [0.15, 0.2) is 0 Å². The van der Waals surface area contributed by atoms with Gasteiger partial charge in [0.05, 0.1) is 0 Å². The van der Waals surface area contributed by atoms with Crippen LogP contribution in [0, 0.1) is 6.92 Å². The Balaban J connectivity index is 1.45. The van der Waals surface area contributed by atoms with Crippen LogP contribution < -0.4 is 0 Å². The van der Waals surface area contributed by atoms with E-state index >= 15 is 0 Å². The summed E-state index contributed by atoms with van der Waals surface area (Å²) < 4.78 is 6.89. The predicted molar refractivity (Wildman–Crippen MR) is 155 cm³/mol. The zero-order valence-corrected chi connectivity index (χ0v) is 22.4. The molecule has 0 unspecified atom stereocenters. The third-order valence-electron chi connectivity index (χ3n) is 7.25. The molecule has 0 heterocycles. The minimum atomic E-state index is -0.586. The predicted octanol–water partition coefficient (Wildman–Crippen LogP) is 10.3. The lowest BCUT2D eigenvalue weighted by Gasteiger charge is -2.36. The van der Waals surface area contributed by atoms with Gasteiger partial charge in [-0.2, -0.15) is 0 Å². The summed E-state index contributed by atoms with van der Waals surface area (Å²) in [4.78, 5) is 0. The fourth-order valence-corrected chi connectivity index (χ4v) is 5.22. The number of hydrogen-bond donors (Lipinski definition) is 0. The minimum absolute atomic E-state index is 0.586. The lowest BCUT2D eigenvalue weighted by Crippen LogP contribution is -2.33. The molecule has 3 rings (SSSR count). The van der Waals surface area contributed by atoms with Gasteiger partial charge < -0.3 is 4.74 Å². The first-order chi connectivity index (χ1) is 17.9. The normalized spacial score (nSPS) is 11.6. The smallest absolute Gasteiger partial charge is 0.143 e. The van der Waals surface area contributed by atoms with E-state index in [1.165, 1.54) is 93.7 Å². The lowest BCUT2D eigenvalue weighted by molar-refractivity contribution is 0.0106. The quantitative estimate of drug-likeness (QED) is 0.122. The molecule has 0 aliphatic heterocycles. The summed E-state index contributed by atoms with van der Waals surface area (Å²) in [5, 5.41) is 0. The maximum absolute atomic E-state index is 6.89. The third kappa shape index (κ3) is 8.93. The molecule has 0 fully saturated rings. The van der Waals surface area contributed by atoms with Crippen LogP contribution in [-0.2, 0) is 10.3 Å². The molecule has 193 valence electrons. The molecule has 1 nitrogen and oxygen atoms in total. The largest absolute Gasteiger partial charge is 0.361 e. The van der Waals surface area contributed by atoms with Crippen molar-refractivity contribution in [3.05, 3.63) is 115 Å². The minimum Gasteiger partial charge on any atom is -0.361 e. The van der Waals surface area contributed by atoms with Gasteiger partial charge in [-0.3, -0.25) is 0 Å². The van der Waals surface area contributed by atoms with E-state index in [0.29, 0.717) is 0 Å². The first-order valence-electron chi connectivity index (χ1n) is 14.5. The molecule has 0 aliphatic carbocycles. The van der Waals surface area contributed by atoms with Gasteiger partial charge >= 0.3 is 0 Å². The Morgan fingerprint density at radius 1 is 0.417 bits per heavy atom. The topological polar surface area (TPSA) is 9.23 Å². The van der Waals surface area contributed by atoms with Gasteiger partial charge in [0.1, 0.15) is 5.60 Å². The van der Waals surface area contributed by atoms with Crippen LogP contribution in [0.4, 0.5) is 0 Å². The molecule has 1 heteroatoms. The molecule has 0 spiro atoms. The molecule has 0 amide bonds. The zero-order valence-electron chi connectivity index (χ0n) is 22.4. The van der Waals surface area contributed by atoms with Crippen molar-refractivity contribution in [3.8, 4) is 0 Å². The van der Waals surface area contributed by atoms with Crippen molar-refractivity contribution in [2.75, 3.05) is 6.61 Å². The Morgan fingerprint density at radius 2 is 0.722 bits per heavy atom. The van der Waals surface area contributed by atoms with Crippen LogP contribution in [0.2, 0.25) is 0 Å². The summed E-state index contributed by atoms with van der Waals surface area (Å²) in [5.74, 6) is 0. The Bertz CT molecular complexity index is 806. The zero-order chi connectivity index (χ0) is 25.2. The van der Waals surface area contributed by atoms with Crippen molar-refractivity contribution in [3.63, 3.8) is 0 Å². The number of ether oxygens (including phenoxy) is 1. The van der Waals surface area contributed by atoms with E-state index in [9.17, 15) is 0 Å². The van der Waals surface area contributed by atoms with Crippen LogP contribution in [0.3, 0.4) is 0 Å². The summed E-state index contributed by atoms with van der Waals surface area (Å²) in [5.41, 5.74) is 2.97. The Morgan fingerprint density at radius 3 is 1.06 bits per heavy atom. The SMILES string of the molecule is [CH2]CCCCCCCCCCCCCCCOC(c1ccccc1)(c1ccccc1)c1ccccc1. The van der Waals surface area contributed by atoms with E-state index in [0.717, 1.165) is 19.4 Å². The average Bonchev–Trinajstić information content (AvgIpc) is 2.94. The van der Waals surface area contributed by atoms with Crippen molar-refractivity contribution in [2.45, 2.75) is 95.5 Å². The van der Waals surface area contributed by atoms with Gasteiger partial charge in [0, 0.05) is 6.61 Å². The van der Waals surface area contributed by atoms with Crippen LogP contribution in [0.25, 0.3) is 0 Å². The fourth-order valence-electron chi connectivity index (χ4n) is 5.22. The second-order valence-corrected chi connectivity index (χ2v) is 10.1. The second kappa shape index (κ2) is 17.1. The van der Waals surface area contributed by atoms with Crippen molar-refractivity contribution < 1.29 is 4.74 Å². The Labute approximate surface area is 221 Å². The second-order valence-electron chi connectivity index (χ2n) is 10.1. The highest BCUT2D eigenvalue weighted by molar-refractivity contribution is 5.47. The van der Waals surface area contributed by atoms with Crippen molar-refractivity contribution >= 4 is 0 Å². The molecule has 0 aliphatic rings. The highest BCUT2D eigenvalue weighted by Crippen LogP contribution is 2.40. The molecule has 3 aromatic rings.